The normalized spacial score (nSPS) is 11.5. The minimum absolute atomic E-state index is 0.0553. The van der Waals surface area contributed by atoms with E-state index in [4.69, 9.17) is 4.74 Å². The molecule has 35 heavy (non-hydrogen) atoms. The first-order chi connectivity index (χ1) is 16.8. The molecule has 0 spiro atoms. The molecule has 10 heteroatoms. The van der Waals surface area contributed by atoms with E-state index in [-0.39, 0.29) is 11.4 Å². The summed E-state index contributed by atoms with van der Waals surface area (Å²) in [6.07, 6.45) is 4.99. The number of benzene rings is 2. The van der Waals surface area contributed by atoms with Gasteiger partial charge in [-0.15, -0.1) is 0 Å². The molecule has 0 bridgehead atoms. The van der Waals surface area contributed by atoms with Gasteiger partial charge in [0, 0.05) is 42.8 Å². The molecule has 0 fully saturated rings. The van der Waals surface area contributed by atoms with Crippen molar-refractivity contribution in [3.05, 3.63) is 90.4 Å². The molecule has 0 unspecified atom stereocenters. The Kier molecular flexibility index (Phi) is 6.81. The summed E-state index contributed by atoms with van der Waals surface area (Å²) in [5, 5.41) is 8.70. The van der Waals surface area contributed by atoms with Crippen LogP contribution in [0.15, 0.2) is 73.2 Å². The van der Waals surface area contributed by atoms with Crippen LogP contribution in [0.4, 0.5) is 19.3 Å². The third-order valence-electron chi connectivity index (χ3n) is 5.15. The number of nitrogens with zero attached hydrogens (tertiary/aromatic N) is 3. The van der Waals surface area contributed by atoms with Crippen LogP contribution in [-0.4, -0.2) is 26.7 Å². The number of halogens is 2. The molecule has 2 heterocycles. The van der Waals surface area contributed by atoms with Crippen LogP contribution >= 0.6 is 0 Å². The quantitative estimate of drug-likeness (QED) is 0.407. The van der Waals surface area contributed by atoms with Gasteiger partial charge in [0.25, 0.3) is 0 Å². The maximum absolute atomic E-state index is 14.6. The summed E-state index contributed by atoms with van der Waals surface area (Å²) in [6, 6.07) is 11.7. The number of amides is 3. The smallest absolute Gasteiger partial charge is 0.325 e. The van der Waals surface area contributed by atoms with E-state index in [0.29, 0.717) is 17.0 Å². The zero-order chi connectivity index (χ0) is 24.9. The Morgan fingerprint density at radius 3 is 2.51 bits per heavy atom. The highest BCUT2D eigenvalue weighted by Gasteiger charge is 2.18. The van der Waals surface area contributed by atoms with Crippen LogP contribution in [0.3, 0.4) is 0 Å². The van der Waals surface area contributed by atoms with Crippen LogP contribution < -0.4 is 15.4 Å². The van der Waals surface area contributed by atoms with Gasteiger partial charge in [0.05, 0.1) is 17.8 Å². The number of pyridine rings is 1. The average Bonchev–Trinajstić information content (AvgIpc) is 3.27. The van der Waals surface area contributed by atoms with Gasteiger partial charge in [-0.3, -0.25) is 19.8 Å². The molecule has 2 N–H and O–H groups in total. The van der Waals surface area contributed by atoms with Crippen molar-refractivity contribution in [2.75, 3.05) is 5.32 Å². The monoisotopic (exact) mass is 477 g/mol. The van der Waals surface area contributed by atoms with Crippen molar-refractivity contribution in [2.24, 2.45) is 7.05 Å². The van der Waals surface area contributed by atoms with Crippen molar-refractivity contribution in [3.8, 4) is 22.8 Å². The van der Waals surface area contributed by atoms with Gasteiger partial charge in [-0.1, -0.05) is 12.1 Å². The molecule has 4 aromatic rings. The number of anilines is 1. The van der Waals surface area contributed by atoms with Gasteiger partial charge in [-0.25, -0.2) is 13.6 Å². The van der Waals surface area contributed by atoms with Crippen molar-refractivity contribution < 1.29 is 23.1 Å². The van der Waals surface area contributed by atoms with E-state index in [1.54, 1.807) is 49.4 Å². The predicted octanol–water partition coefficient (Wildman–Crippen LogP) is 5.00. The second-order valence-corrected chi connectivity index (χ2v) is 7.74. The van der Waals surface area contributed by atoms with E-state index >= 15 is 0 Å². The maximum Gasteiger partial charge on any atom is 0.325 e. The number of nitrogens with one attached hydrogen (secondary N) is 2. The Balaban J connectivity index is 1.38. The van der Waals surface area contributed by atoms with Gasteiger partial charge in [0.2, 0.25) is 5.91 Å². The first-order valence-electron chi connectivity index (χ1n) is 10.6. The molecule has 1 atom stereocenters. The van der Waals surface area contributed by atoms with Crippen LogP contribution in [-0.2, 0) is 11.8 Å². The van der Waals surface area contributed by atoms with Gasteiger partial charge < -0.3 is 10.1 Å². The Bertz CT molecular complexity index is 1370. The molecule has 178 valence electrons. The lowest BCUT2D eigenvalue weighted by Crippen LogP contribution is -2.37. The molecule has 0 radical (unpaired) electrons. The highest BCUT2D eigenvalue weighted by Crippen LogP contribution is 2.29. The van der Waals surface area contributed by atoms with Crippen molar-refractivity contribution in [1.29, 1.82) is 0 Å². The number of ether oxygens (including phenoxy) is 1. The van der Waals surface area contributed by atoms with Crippen molar-refractivity contribution in [3.63, 3.8) is 0 Å². The summed E-state index contributed by atoms with van der Waals surface area (Å²) in [4.78, 5) is 28.8. The van der Waals surface area contributed by atoms with Gasteiger partial charge in [-0.2, -0.15) is 5.10 Å². The number of hydrogen-bond acceptors (Lipinski definition) is 5. The minimum atomic E-state index is -0.827. The molecule has 0 aliphatic heterocycles. The number of urea groups is 1. The first kappa shape index (κ1) is 23.6. The zero-order valence-electron chi connectivity index (χ0n) is 18.8. The summed E-state index contributed by atoms with van der Waals surface area (Å²) in [5.41, 5.74) is 2.07. The molecule has 0 saturated carbocycles. The summed E-state index contributed by atoms with van der Waals surface area (Å²) >= 11 is 0. The van der Waals surface area contributed by atoms with Gasteiger partial charge in [0.1, 0.15) is 11.6 Å². The SMILES string of the molecule is C[C@H](C(=O)NC(=O)Nc1ccc(Oc2ccnc(-c3cnn(C)c3)c2)c(F)c1)c1ccc(F)cc1. The van der Waals surface area contributed by atoms with E-state index in [2.05, 4.69) is 20.7 Å². The topological polar surface area (TPSA) is 98.1 Å². The number of aromatic nitrogens is 3. The first-order valence-corrected chi connectivity index (χ1v) is 10.6. The number of imide groups is 1. The molecule has 0 aliphatic rings. The number of carbonyl (C=O) groups is 2. The number of aryl methyl sites for hydroxylation is 1. The molecule has 4 rings (SSSR count). The molecule has 2 aromatic heterocycles. The lowest BCUT2D eigenvalue weighted by atomic mass is 10.0. The van der Waals surface area contributed by atoms with Crippen LogP contribution in [0.1, 0.15) is 18.4 Å². The lowest BCUT2D eigenvalue weighted by molar-refractivity contribution is -0.121. The Hall–Kier alpha value is -4.60. The Morgan fingerprint density at radius 2 is 1.83 bits per heavy atom. The number of carbonyl (C=O) groups excluding carboxylic acids is 2. The summed E-state index contributed by atoms with van der Waals surface area (Å²) in [7, 11) is 1.79. The second-order valence-electron chi connectivity index (χ2n) is 7.74. The number of hydrogen-bond donors (Lipinski definition) is 2. The fraction of sp³-hybridized carbons (Fsp3) is 0.120. The Labute approximate surface area is 199 Å². The van der Waals surface area contributed by atoms with E-state index in [9.17, 15) is 18.4 Å². The summed E-state index contributed by atoms with van der Waals surface area (Å²) in [6.45, 7) is 1.58. The molecule has 0 aliphatic carbocycles. The molecular formula is C25H21F2N5O3. The molecule has 8 nitrogen and oxygen atoms in total. The van der Waals surface area contributed by atoms with E-state index in [0.717, 1.165) is 11.6 Å². The van der Waals surface area contributed by atoms with Crippen molar-refractivity contribution in [1.82, 2.24) is 20.1 Å². The molecule has 3 amide bonds. The van der Waals surface area contributed by atoms with Gasteiger partial charge >= 0.3 is 6.03 Å². The van der Waals surface area contributed by atoms with E-state index in [1.165, 1.54) is 36.4 Å². The third-order valence-corrected chi connectivity index (χ3v) is 5.15. The van der Waals surface area contributed by atoms with Crippen molar-refractivity contribution >= 4 is 17.6 Å². The van der Waals surface area contributed by atoms with Crippen LogP contribution in [0.2, 0.25) is 0 Å². The third kappa shape index (κ3) is 5.85. The highest BCUT2D eigenvalue weighted by molar-refractivity contribution is 6.03. The van der Waals surface area contributed by atoms with E-state index in [1.807, 2.05) is 0 Å². The van der Waals surface area contributed by atoms with Gasteiger partial charge in [0.15, 0.2) is 11.6 Å². The maximum atomic E-state index is 14.6. The number of rotatable bonds is 6. The Morgan fingerprint density at radius 1 is 1.06 bits per heavy atom. The standard InChI is InChI=1S/C25H21F2N5O3/c1-15(16-3-5-18(26)6-4-16)24(33)31-25(34)30-19-7-8-23(21(27)11-19)35-20-9-10-28-22(12-20)17-13-29-32(2)14-17/h3-15H,1-2H3,(H2,30,31,33,34)/t15-/m0/s1. The van der Waals surface area contributed by atoms with Crippen LogP contribution in [0.25, 0.3) is 11.3 Å². The largest absolute Gasteiger partial charge is 0.454 e. The van der Waals surface area contributed by atoms with E-state index < -0.39 is 29.5 Å². The second kappa shape index (κ2) is 10.1. The lowest BCUT2D eigenvalue weighted by Gasteiger charge is -2.13. The highest BCUT2D eigenvalue weighted by atomic mass is 19.1. The predicted molar refractivity (Wildman–Crippen MR) is 125 cm³/mol. The van der Waals surface area contributed by atoms with Crippen LogP contribution in [0.5, 0.6) is 11.5 Å². The van der Waals surface area contributed by atoms with Crippen LogP contribution in [0, 0.1) is 11.6 Å². The fourth-order valence-electron chi connectivity index (χ4n) is 3.26. The van der Waals surface area contributed by atoms with Crippen molar-refractivity contribution in [2.45, 2.75) is 12.8 Å². The van der Waals surface area contributed by atoms with Gasteiger partial charge in [-0.05, 0) is 42.8 Å². The summed E-state index contributed by atoms with van der Waals surface area (Å²) in [5.74, 6) is -2.10. The molecule has 0 saturated heterocycles. The average molecular weight is 477 g/mol. The molecule has 2 aromatic carbocycles. The summed E-state index contributed by atoms with van der Waals surface area (Å²) < 4.78 is 35.0. The fourth-order valence-corrected chi connectivity index (χ4v) is 3.26. The molecular weight excluding hydrogens is 456 g/mol. The zero-order valence-corrected chi connectivity index (χ0v) is 18.8. The minimum Gasteiger partial charge on any atom is -0.454 e.